The molecule has 1 fully saturated rings. The van der Waals surface area contributed by atoms with E-state index in [4.69, 9.17) is 11.6 Å². The normalized spacial score (nSPS) is 19.1. The SMILES string of the molecule is ClC(Cc1ccccn1)C1CC1. The minimum absolute atomic E-state index is 0.305. The van der Waals surface area contributed by atoms with Crippen LogP contribution in [-0.4, -0.2) is 10.4 Å². The van der Waals surface area contributed by atoms with Crippen LogP contribution in [0.15, 0.2) is 24.4 Å². The van der Waals surface area contributed by atoms with E-state index in [1.807, 2.05) is 24.4 Å². The molecule has 1 aliphatic carbocycles. The molecule has 0 N–H and O–H groups in total. The zero-order valence-corrected chi connectivity index (χ0v) is 7.67. The van der Waals surface area contributed by atoms with Crippen molar-refractivity contribution in [2.75, 3.05) is 0 Å². The van der Waals surface area contributed by atoms with Gasteiger partial charge < -0.3 is 0 Å². The van der Waals surface area contributed by atoms with Gasteiger partial charge in [-0.3, -0.25) is 4.98 Å². The Morgan fingerprint density at radius 1 is 1.50 bits per heavy atom. The molecule has 0 spiro atoms. The first kappa shape index (κ1) is 8.06. The second-order valence-corrected chi connectivity index (χ2v) is 3.94. The molecule has 0 saturated heterocycles. The lowest BCUT2D eigenvalue weighted by atomic mass is 10.1. The number of hydrogen-bond donors (Lipinski definition) is 0. The van der Waals surface area contributed by atoms with Gasteiger partial charge in [-0.2, -0.15) is 0 Å². The van der Waals surface area contributed by atoms with E-state index in [1.165, 1.54) is 12.8 Å². The van der Waals surface area contributed by atoms with E-state index in [0.29, 0.717) is 5.38 Å². The van der Waals surface area contributed by atoms with Crippen molar-refractivity contribution < 1.29 is 0 Å². The first-order valence-electron chi connectivity index (χ1n) is 4.40. The zero-order chi connectivity index (χ0) is 8.39. The Bertz CT molecular complexity index is 243. The van der Waals surface area contributed by atoms with Crippen LogP contribution in [0.3, 0.4) is 0 Å². The first-order valence-corrected chi connectivity index (χ1v) is 4.84. The van der Waals surface area contributed by atoms with Crippen molar-refractivity contribution in [3.05, 3.63) is 30.1 Å². The van der Waals surface area contributed by atoms with Crippen LogP contribution >= 0.6 is 11.6 Å². The number of nitrogens with zero attached hydrogens (tertiary/aromatic N) is 1. The largest absolute Gasteiger partial charge is 0.261 e. The van der Waals surface area contributed by atoms with Gasteiger partial charge in [-0.15, -0.1) is 11.6 Å². The summed E-state index contributed by atoms with van der Waals surface area (Å²) in [6.07, 6.45) is 5.36. The van der Waals surface area contributed by atoms with E-state index in [2.05, 4.69) is 4.98 Å². The molecule has 0 radical (unpaired) electrons. The smallest absolute Gasteiger partial charge is 0.0419 e. The Balaban J connectivity index is 1.94. The number of hydrogen-bond acceptors (Lipinski definition) is 1. The molecular weight excluding hydrogens is 170 g/mol. The fourth-order valence-corrected chi connectivity index (χ4v) is 1.75. The first-order chi connectivity index (χ1) is 5.86. The van der Waals surface area contributed by atoms with Gasteiger partial charge in [0.15, 0.2) is 0 Å². The molecule has 0 bridgehead atoms. The van der Waals surface area contributed by atoms with E-state index in [1.54, 1.807) is 0 Å². The van der Waals surface area contributed by atoms with Crippen molar-refractivity contribution in [1.29, 1.82) is 0 Å². The van der Waals surface area contributed by atoms with E-state index in [9.17, 15) is 0 Å². The van der Waals surface area contributed by atoms with Crippen LogP contribution in [0.4, 0.5) is 0 Å². The van der Waals surface area contributed by atoms with Crippen LogP contribution in [0.5, 0.6) is 0 Å². The number of aromatic nitrogens is 1. The summed E-state index contributed by atoms with van der Waals surface area (Å²) in [4.78, 5) is 4.24. The third kappa shape index (κ3) is 1.98. The maximum absolute atomic E-state index is 6.17. The van der Waals surface area contributed by atoms with Crippen molar-refractivity contribution in [3.8, 4) is 0 Å². The fraction of sp³-hybridized carbons (Fsp3) is 0.500. The molecule has 1 aromatic rings. The van der Waals surface area contributed by atoms with Crippen LogP contribution in [0.2, 0.25) is 0 Å². The standard InChI is InChI=1S/C10H12ClN/c11-10(8-4-5-8)7-9-3-1-2-6-12-9/h1-3,6,8,10H,4-5,7H2. The molecule has 1 heterocycles. The van der Waals surface area contributed by atoms with Crippen LogP contribution in [0.25, 0.3) is 0 Å². The Morgan fingerprint density at radius 2 is 2.33 bits per heavy atom. The third-order valence-corrected chi connectivity index (χ3v) is 2.77. The van der Waals surface area contributed by atoms with Gasteiger partial charge in [-0.1, -0.05) is 6.07 Å². The van der Waals surface area contributed by atoms with E-state index in [-0.39, 0.29) is 0 Å². The molecule has 1 saturated carbocycles. The highest BCUT2D eigenvalue weighted by atomic mass is 35.5. The summed E-state index contributed by atoms with van der Waals surface area (Å²) >= 11 is 6.17. The average Bonchev–Trinajstić information content (AvgIpc) is 2.88. The molecule has 0 aliphatic heterocycles. The van der Waals surface area contributed by atoms with Gasteiger partial charge in [0.05, 0.1) is 0 Å². The van der Waals surface area contributed by atoms with E-state index < -0.39 is 0 Å². The van der Waals surface area contributed by atoms with Crippen LogP contribution < -0.4 is 0 Å². The number of alkyl halides is 1. The molecule has 1 aromatic heterocycles. The Kier molecular flexibility index (Phi) is 2.31. The van der Waals surface area contributed by atoms with Gasteiger partial charge in [0, 0.05) is 23.7 Å². The maximum atomic E-state index is 6.17. The quantitative estimate of drug-likeness (QED) is 0.654. The molecule has 1 nitrogen and oxygen atoms in total. The molecular formula is C10H12ClN. The van der Waals surface area contributed by atoms with Gasteiger partial charge in [0.25, 0.3) is 0 Å². The number of pyridine rings is 1. The van der Waals surface area contributed by atoms with Crippen molar-refractivity contribution in [1.82, 2.24) is 4.98 Å². The Morgan fingerprint density at radius 3 is 2.92 bits per heavy atom. The average molecular weight is 182 g/mol. The summed E-state index contributed by atoms with van der Waals surface area (Å²) in [6, 6.07) is 5.99. The van der Waals surface area contributed by atoms with E-state index in [0.717, 1.165) is 18.0 Å². The summed E-state index contributed by atoms with van der Waals surface area (Å²) in [7, 11) is 0. The van der Waals surface area contributed by atoms with Gasteiger partial charge >= 0.3 is 0 Å². The molecule has 0 aromatic carbocycles. The Labute approximate surface area is 77.8 Å². The van der Waals surface area contributed by atoms with Gasteiger partial charge in [-0.25, -0.2) is 0 Å². The predicted octanol–water partition coefficient (Wildman–Crippen LogP) is 2.64. The van der Waals surface area contributed by atoms with Crippen molar-refractivity contribution in [3.63, 3.8) is 0 Å². The molecule has 0 amide bonds. The van der Waals surface area contributed by atoms with Gasteiger partial charge in [-0.05, 0) is 30.9 Å². The lowest BCUT2D eigenvalue weighted by Gasteiger charge is -2.05. The fourth-order valence-electron chi connectivity index (χ4n) is 1.34. The zero-order valence-electron chi connectivity index (χ0n) is 6.91. The van der Waals surface area contributed by atoms with Crippen LogP contribution in [0.1, 0.15) is 18.5 Å². The summed E-state index contributed by atoms with van der Waals surface area (Å²) in [5, 5.41) is 0.305. The van der Waals surface area contributed by atoms with Crippen LogP contribution in [0, 0.1) is 5.92 Å². The van der Waals surface area contributed by atoms with Gasteiger partial charge in [0.2, 0.25) is 0 Å². The van der Waals surface area contributed by atoms with Crippen molar-refractivity contribution in [2.24, 2.45) is 5.92 Å². The molecule has 1 unspecified atom stereocenters. The predicted molar refractivity (Wildman–Crippen MR) is 50.3 cm³/mol. The topological polar surface area (TPSA) is 12.9 Å². The van der Waals surface area contributed by atoms with Crippen molar-refractivity contribution >= 4 is 11.6 Å². The summed E-state index contributed by atoms with van der Waals surface area (Å²) in [5.41, 5.74) is 1.12. The van der Waals surface area contributed by atoms with Gasteiger partial charge in [0.1, 0.15) is 0 Å². The maximum Gasteiger partial charge on any atom is 0.0419 e. The summed E-state index contributed by atoms with van der Waals surface area (Å²) in [6.45, 7) is 0. The van der Waals surface area contributed by atoms with Crippen LogP contribution in [-0.2, 0) is 6.42 Å². The summed E-state index contributed by atoms with van der Waals surface area (Å²) < 4.78 is 0. The van der Waals surface area contributed by atoms with E-state index >= 15 is 0 Å². The lowest BCUT2D eigenvalue weighted by Crippen LogP contribution is -2.06. The minimum Gasteiger partial charge on any atom is -0.261 e. The molecule has 2 heteroatoms. The highest BCUT2D eigenvalue weighted by Crippen LogP contribution is 2.36. The summed E-state index contributed by atoms with van der Waals surface area (Å²) in [5.74, 6) is 0.758. The highest BCUT2D eigenvalue weighted by molar-refractivity contribution is 6.21. The number of halogens is 1. The highest BCUT2D eigenvalue weighted by Gasteiger charge is 2.29. The Hall–Kier alpha value is -0.560. The van der Waals surface area contributed by atoms with Crippen molar-refractivity contribution in [2.45, 2.75) is 24.6 Å². The lowest BCUT2D eigenvalue weighted by molar-refractivity contribution is 0.724. The molecule has 12 heavy (non-hydrogen) atoms. The molecule has 1 atom stereocenters. The third-order valence-electron chi connectivity index (χ3n) is 2.26. The molecule has 1 aliphatic rings. The second kappa shape index (κ2) is 3.44. The minimum atomic E-state index is 0.305. The molecule has 2 rings (SSSR count). The molecule has 64 valence electrons. The second-order valence-electron chi connectivity index (χ2n) is 3.38. The number of rotatable bonds is 3. The monoisotopic (exact) mass is 181 g/mol.